The summed E-state index contributed by atoms with van der Waals surface area (Å²) in [7, 11) is 1.70. The number of ether oxygens (including phenoxy) is 2. The molecule has 1 aromatic carbocycles. The minimum absolute atomic E-state index is 0. The van der Waals surface area contributed by atoms with E-state index in [9.17, 15) is 4.79 Å². The highest BCUT2D eigenvalue weighted by Crippen LogP contribution is 2.21. The number of nitrogens with one attached hydrogen (secondary N) is 3. The lowest BCUT2D eigenvalue weighted by Gasteiger charge is -2.22. The molecule has 1 fully saturated rings. The molecule has 2 rings (SSSR count). The van der Waals surface area contributed by atoms with Crippen molar-refractivity contribution in [2.45, 2.75) is 71.4 Å². The molecule has 1 aliphatic rings. The van der Waals surface area contributed by atoms with Gasteiger partial charge in [-0.05, 0) is 38.3 Å². The number of aliphatic imine (C=N–C) groups is 1. The SMILES string of the molecule is CCNC(=NCc1ccc(C)cc1OCCCOC)NCCC(=O)NC1CCCCC1.I. The molecule has 0 saturated heterocycles. The summed E-state index contributed by atoms with van der Waals surface area (Å²) in [6.45, 7) is 7.20. The van der Waals surface area contributed by atoms with E-state index in [0.29, 0.717) is 44.7 Å². The van der Waals surface area contributed by atoms with Gasteiger partial charge in [-0.25, -0.2) is 4.99 Å². The fourth-order valence-electron chi connectivity index (χ4n) is 3.66. The minimum Gasteiger partial charge on any atom is -0.493 e. The van der Waals surface area contributed by atoms with Gasteiger partial charge >= 0.3 is 0 Å². The highest BCUT2D eigenvalue weighted by molar-refractivity contribution is 14.0. The third-order valence-electron chi connectivity index (χ3n) is 5.34. The second-order valence-electron chi connectivity index (χ2n) is 8.08. The molecule has 1 aromatic rings. The maximum atomic E-state index is 12.2. The van der Waals surface area contributed by atoms with E-state index < -0.39 is 0 Å². The van der Waals surface area contributed by atoms with Crippen molar-refractivity contribution < 1.29 is 14.3 Å². The Morgan fingerprint density at radius 2 is 1.94 bits per heavy atom. The molecule has 0 bridgehead atoms. The number of halogens is 1. The first-order valence-electron chi connectivity index (χ1n) is 11.6. The van der Waals surface area contributed by atoms with Gasteiger partial charge < -0.3 is 25.4 Å². The highest BCUT2D eigenvalue weighted by Gasteiger charge is 2.15. The predicted octanol–water partition coefficient (Wildman–Crippen LogP) is 3.92. The molecular formula is C24H41IN4O3. The molecule has 1 saturated carbocycles. The van der Waals surface area contributed by atoms with Crippen LogP contribution in [0.15, 0.2) is 23.2 Å². The average molecular weight is 561 g/mol. The van der Waals surface area contributed by atoms with Crippen LogP contribution in [0.5, 0.6) is 5.75 Å². The van der Waals surface area contributed by atoms with E-state index >= 15 is 0 Å². The van der Waals surface area contributed by atoms with Crippen LogP contribution in [0.25, 0.3) is 0 Å². The summed E-state index contributed by atoms with van der Waals surface area (Å²) < 4.78 is 11.0. The van der Waals surface area contributed by atoms with Gasteiger partial charge in [0.05, 0.1) is 13.2 Å². The molecule has 32 heavy (non-hydrogen) atoms. The summed E-state index contributed by atoms with van der Waals surface area (Å²) in [5.41, 5.74) is 2.19. The maximum Gasteiger partial charge on any atom is 0.221 e. The zero-order valence-corrected chi connectivity index (χ0v) is 22.2. The molecule has 0 unspecified atom stereocenters. The van der Waals surface area contributed by atoms with E-state index in [1.54, 1.807) is 7.11 Å². The average Bonchev–Trinajstić information content (AvgIpc) is 2.76. The van der Waals surface area contributed by atoms with Gasteiger partial charge in [-0.1, -0.05) is 31.4 Å². The number of methoxy groups -OCH3 is 1. The Morgan fingerprint density at radius 3 is 2.66 bits per heavy atom. The summed E-state index contributed by atoms with van der Waals surface area (Å²) >= 11 is 0. The Labute approximate surface area is 210 Å². The highest BCUT2D eigenvalue weighted by atomic mass is 127. The molecule has 0 radical (unpaired) electrons. The van der Waals surface area contributed by atoms with Crippen LogP contribution in [0.3, 0.4) is 0 Å². The van der Waals surface area contributed by atoms with E-state index in [1.807, 2.05) is 13.0 Å². The smallest absolute Gasteiger partial charge is 0.221 e. The molecule has 182 valence electrons. The summed E-state index contributed by atoms with van der Waals surface area (Å²) in [5, 5.41) is 9.68. The second kappa shape index (κ2) is 17.0. The van der Waals surface area contributed by atoms with Crippen LogP contribution >= 0.6 is 24.0 Å². The summed E-state index contributed by atoms with van der Waals surface area (Å²) in [6.07, 6.45) is 7.23. The normalized spacial score (nSPS) is 14.4. The first kappa shape index (κ1) is 28.5. The number of guanidine groups is 1. The molecule has 0 spiro atoms. The molecule has 1 aliphatic carbocycles. The zero-order valence-electron chi connectivity index (χ0n) is 19.9. The molecule has 7 nitrogen and oxygen atoms in total. The van der Waals surface area contributed by atoms with Crippen LogP contribution in [0.1, 0.15) is 63.0 Å². The molecule has 0 heterocycles. The Morgan fingerprint density at radius 1 is 1.16 bits per heavy atom. The van der Waals surface area contributed by atoms with E-state index in [0.717, 1.165) is 42.7 Å². The first-order chi connectivity index (χ1) is 15.1. The third kappa shape index (κ3) is 11.4. The zero-order chi connectivity index (χ0) is 22.3. The van der Waals surface area contributed by atoms with Crippen LogP contribution in [0.4, 0.5) is 0 Å². The Bertz CT molecular complexity index is 694. The molecule has 0 aliphatic heterocycles. The van der Waals surface area contributed by atoms with Gasteiger partial charge in [-0.3, -0.25) is 4.79 Å². The summed E-state index contributed by atoms with van der Waals surface area (Å²) in [4.78, 5) is 16.9. The van der Waals surface area contributed by atoms with Crippen molar-refractivity contribution in [1.29, 1.82) is 0 Å². The summed E-state index contributed by atoms with van der Waals surface area (Å²) in [6, 6.07) is 6.54. The Kier molecular flexibility index (Phi) is 15.1. The Hall–Kier alpha value is -1.55. The quantitative estimate of drug-likeness (QED) is 0.156. The number of hydrogen-bond donors (Lipinski definition) is 3. The van der Waals surface area contributed by atoms with Gasteiger partial charge in [0.2, 0.25) is 5.91 Å². The lowest BCUT2D eigenvalue weighted by molar-refractivity contribution is -0.121. The molecule has 1 amide bonds. The van der Waals surface area contributed by atoms with Gasteiger partial charge in [-0.2, -0.15) is 0 Å². The van der Waals surface area contributed by atoms with E-state index in [2.05, 4.69) is 40.0 Å². The topological polar surface area (TPSA) is 84.0 Å². The first-order valence-corrected chi connectivity index (χ1v) is 11.6. The van der Waals surface area contributed by atoms with Crippen LogP contribution in [0.2, 0.25) is 0 Å². The van der Waals surface area contributed by atoms with Gasteiger partial charge in [0.1, 0.15) is 5.75 Å². The fourth-order valence-corrected chi connectivity index (χ4v) is 3.66. The molecule has 8 heteroatoms. The van der Waals surface area contributed by atoms with Crippen LogP contribution in [0, 0.1) is 6.92 Å². The Balaban J connectivity index is 0.00000512. The van der Waals surface area contributed by atoms with E-state index in [1.165, 1.54) is 19.3 Å². The minimum atomic E-state index is 0. The largest absolute Gasteiger partial charge is 0.493 e. The van der Waals surface area contributed by atoms with Crippen LogP contribution in [-0.2, 0) is 16.1 Å². The predicted molar refractivity (Wildman–Crippen MR) is 141 cm³/mol. The third-order valence-corrected chi connectivity index (χ3v) is 5.34. The fraction of sp³-hybridized carbons (Fsp3) is 0.667. The maximum absolute atomic E-state index is 12.2. The number of amides is 1. The van der Waals surface area contributed by atoms with E-state index in [-0.39, 0.29) is 29.9 Å². The molecule has 3 N–H and O–H groups in total. The number of carbonyl (C=O) groups excluding carboxylic acids is 1. The van der Waals surface area contributed by atoms with Gasteiger partial charge in [0, 0.05) is 51.3 Å². The number of rotatable bonds is 12. The molecular weight excluding hydrogens is 519 g/mol. The second-order valence-corrected chi connectivity index (χ2v) is 8.08. The lowest BCUT2D eigenvalue weighted by atomic mass is 9.95. The van der Waals surface area contributed by atoms with Crippen molar-refractivity contribution in [2.24, 2.45) is 4.99 Å². The standard InChI is InChI=1S/C24H40N4O3.HI/c1-4-25-24(26-14-13-23(29)28-21-9-6-5-7-10-21)27-18-20-12-11-19(2)17-22(20)31-16-8-15-30-3;/h11-12,17,21H,4-10,13-16,18H2,1-3H3,(H,28,29)(H2,25,26,27);1H. The number of carbonyl (C=O) groups is 1. The molecule has 0 atom stereocenters. The summed E-state index contributed by atoms with van der Waals surface area (Å²) in [5.74, 6) is 1.68. The van der Waals surface area contributed by atoms with Crippen molar-refractivity contribution in [1.82, 2.24) is 16.0 Å². The van der Waals surface area contributed by atoms with Crippen molar-refractivity contribution >= 4 is 35.8 Å². The monoisotopic (exact) mass is 560 g/mol. The number of aryl methyl sites for hydroxylation is 1. The number of hydrogen-bond acceptors (Lipinski definition) is 4. The van der Waals surface area contributed by atoms with Crippen molar-refractivity contribution in [3.05, 3.63) is 29.3 Å². The van der Waals surface area contributed by atoms with Crippen molar-refractivity contribution in [3.63, 3.8) is 0 Å². The van der Waals surface area contributed by atoms with Gasteiger partial charge in [-0.15, -0.1) is 24.0 Å². The van der Waals surface area contributed by atoms with Gasteiger partial charge in [0.25, 0.3) is 0 Å². The van der Waals surface area contributed by atoms with Crippen molar-refractivity contribution in [3.8, 4) is 5.75 Å². The lowest BCUT2D eigenvalue weighted by Crippen LogP contribution is -2.41. The van der Waals surface area contributed by atoms with E-state index in [4.69, 9.17) is 9.47 Å². The van der Waals surface area contributed by atoms with Gasteiger partial charge in [0.15, 0.2) is 5.96 Å². The number of nitrogens with zero attached hydrogens (tertiary/aromatic N) is 1. The van der Waals surface area contributed by atoms with Crippen molar-refractivity contribution in [2.75, 3.05) is 33.4 Å². The number of benzene rings is 1. The molecule has 0 aromatic heterocycles. The van der Waals surface area contributed by atoms with Crippen LogP contribution < -0.4 is 20.7 Å². The van der Waals surface area contributed by atoms with Crippen LogP contribution in [-0.4, -0.2) is 51.3 Å².